The predicted molar refractivity (Wildman–Crippen MR) is 108 cm³/mol. The van der Waals surface area contributed by atoms with Gasteiger partial charge < -0.3 is 10.2 Å². The van der Waals surface area contributed by atoms with Gasteiger partial charge in [-0.05, 0) is 30.5 Å². The number of carbonyl (C=O) groups excluding carboxylic acids is 2. The third kappa shape index (κ3) is 5.21. The molecule has 4 nitrogen and oxygen atoms in total. The van der Waals surface area contributed by atoms with Crippen LogP contribution < -0.4 is 5.32 Å². The van der Waals surface area contributed by atoms with Crippen molar-refractivity contribution in [2.75, 3.05) is 13.1 Å². The van der Waals surface area contributed by atoms with Gasteiger partial charge in [-0.1, -0.05) is 67.8 Å². The van der Waals surface area contributed by atoms with Crippen molar-refractivity contribution in [1.82, 2.24) is 10.2 Å². The van der Waals surface area contributed by atoms with Crippen LogP contribution in [0.5, 0.6) is 0 Å². The summed E-state index contributed by atoms with van der Waals surface area (Å²) in [5.74, 6) is 2.07. The van der Waals surface area contributed by atoms with Crippen molar-refractivity contribution < 1.29 is 9.59 Å². The van der Waals surface area contributed by atoms with Crippen molar-refractivity contribution >= 4 is 11.8 Å². The number of terminal acetylenes is 1. The van der Waals surface area contributed by atoms with Crippen LogP contribution >= 0.6 is 0 Å². The SMILES string of the molecule is C#CCN(C(=O)c1ccccc1C)C(C(=O)NCCCC)c1ccccc1. The van der Waals surface area contributed by atoms with Crippen LogP contribution in [0.2, 0.25) is 0 Å². The maximum Gasteiger partial charge on any atom is 0.255 e. The third-order valence-electron chi connectivity index (χ3n) is 4.40. The first-order valence-electron chi connectivity index (χ1n) is 9.22. The molecule has 0 aromatic heterocycles. The van der Waals surface area contributed by atoms with Gasteiger partial charge in [0, 0.05) is 12.1 Å². The normalized spacial score (nSPS) is 11.3. The van der Waals surface area contributed by atoms with Crippen LogP contribution in [0, 0.1) is 19.3 Å². The van der Waals surface area contributed by atoms with E-state index in [9.17, 15) is 9.59 Å². The predicted octanol–water partition coefficient (Wildman–Crippen LogP) is 3.73. The number of carbonyl (C=O) groups is 2. The van der Waals surface area contributed by atoms with Crippen LogP contribution in [0.4, 0.5) is 0 Å². The van der Waals surface area contributed by atoms with E-state index in [2.05, 4.69) is 18.2 Å². The molecule has 4 heteroatoms. The van der Waals surface area contributed by atoms with Crippen molar-refractivity contribution in [2.24, 2.45) is 0 Å². The first-order valence-corrected chi connectivity index (χ1v) is 9.22. The monoisotopic (exact) mass is 362 g/mol. The molecule has 0 fully saturated rings. The zero-order valence-corrected chi connectivity index (χ0v) is 15.9. The summed E-state index contributed by atoms with van der Waals surface area (Å²) in [5.41, 5.74) is 2.14. The molecule has 0 aliphatic carbocycles. The fraction of sp³-hybridized carbons (Fsp3) is 0.304. The van der Waals surface area contributed by atoms with Gasteiger partial charge in [0.15, 0.2) is 0 Å². The second-order valence-electron chi connectivity index (χ2n) is 6.41. The number of unbranched alkanes of at least 4 members (excludes halogenated alkanes) is 1. The van der Waals surface area contributed by atoms with Gasteiger partial charge in [-0.25, -0.2) is 0 Å². The number of rotatable bonds is 8. The Morgan fingerprint density at radius 1 is 1.11 bits per heavy atom. The first-order chi connectivity index (χ1) is 13.1. The van der Waals surface area contributed by atoms with Gasteiger partial charge in [-0.2, -0.15) is 0 Å². The molecular formula is C23H26N2O2. The average Bonchev–Trinajstić information content (AvgIpc) is 2.68. The summed E-state index contributed by atoms with van der Waals surface area (Å²) in [7, 11) is 0. The molecule has 0 bridgehead atoms. The molecule has 0 aliphatic heterocycles. The van der Waals surface area contributed by atoms with Gasteiger partial charge in [0.05, 0.1) is 6.54 Å². The number of amides is 2. The van der Waals surface area contributed by atoms with E-state index >= 15 is 0 Å². The van der Waals surface area contributed by atoms with Crippen LogP contribution in [0.25, 0.3) is 0 Å². The molecule has 1 atom stereocenters. The van der Waals surface area contributed by atoms with Crippen LogP contribution in [0.1, 0.15) is 47.3 Å². The highest BCUT2D eigenvalue weighted by Crippen LogP contribution is 2.24. The highest BCUT2D eigenvalue weighted by atomic mass is 16.2. The van der Waals surface area contributed by atoms with Crippen molar-refractivity contribution in [2.45, 2.75) is 32.7 Å². The van der Waals surface area contributed by atoms with Crippen molar-refractivity contribution in [3.05, 3.63) is 71.3 Å². The minimum absolute atomic E-state index is 0.0495. The molecule has 0 radical (unpaired) electrons. The molecule has 0 saturated carbocycles. The molecule has 0 aliphatic rings. The van der Waals surface area contributed by atoms with Crippen LogP contribution in [0.15, 0.2) is 54.6 Å². The number of nitrogens with one attached hydrogen (secondary N) is 1. The molecule has 2 aromatic rings. The lowest BCUT2D eigenvalue weighted by Gasteiger charge is -2.30. The lowest BCUT2D eigenvalue weighted by molar-refractivity contribution is -0.125. The topological polar surface area (TPSA) is 49.4 Å². The average molecular weight is 362 g/mol. The van der Waals surface area contributed by atoms with E-state index in [1.165, 1.54) is 4.90 Å². The van der Waals surface area contributed by atoms with Crippen LogP contribution in [0.3, 0.4) is 0 Å². The van der Waals surface area contributed by atoms with Gasteiger partial charge >= 0.3 is 0 Å². The van der Waals surface area contributed by atoms with E-state index in [1.54, 1.807) is 6.07 Å². The highest BCUT2D eigenvalue weighted by molar-refractivity contribution is 5.99. The van der Waals surface area contributed by atoms with Gasteiger partial charge in [0.2, 0.25) is 5.91 Å². The van der Waals surface area contributed by atoms with Gasteiger partial charge in [-0.3, -0.25) is 9.59 Å². The standard InChI is InChI=1S/C23H26N2O2/c1-4-6-16-24-22(26)21(19-13-8-7-9-14-19)25(17-5-2)23(27)20-15-11-10-12-18(20)3/h2,7-15,21H,4,6,16-17H2,1,3H3,(H,24,26). The number of hydrogen-bond donors (Lipinski definition) is 1. The first kappa shape index (κ1) is 20.3. The lowest BCUT2D eigenvalue weighted by atomic mass is 10.0. The largest absolute Gasteiger partial charge is 0.354 e. The molecule has 140 valence electrons. The van der Waals surface area contributed by atoms with E-state index in [0.29, 0.717) is 12.1 Å². The van der Waals surface area contributed by atoms with Crippen molar-refractivity contribution in [1.29, 1.82) is 0 Å². The molecule has 2 aromatic carbocycles. The Balaban J connectivity index is 2.42. The Bertz CT molecular complexity index is 809. The molecular weight excluding hydrogens is 336 g/mol. The lowest BCUT2D eigenvalue weighted by Crippen LogP contribution is -2.44. The molecule has 1 N–H and O–H groups in total. The Kier molecular flexibility index (Phi) is 7.63. The van der Waals surface area contributed by atoms with E-state index in [1.807, 2.05) is 55.5 Å². The fourth-order valence-corrected chi connectivity index (χ4v) is 2.94. The van der Waals surface area contributed by atoms with Crippen molar-refractivity contribution in [3.63, 3.8) is 0 Å². The van der Waals surface area contributed by atoms with Gasteiger partial charge in [0.25, 0.3) is 5.91 Å². The summed E-state index contributed by atoms with van der Waals surface area (Å²) in [6, 6.07) is 15.8. The van der Waals surface area contributed by atoms with Crippen molar-refractivity contribution in [3.8, 4) is 12.3 Å². The molecule has 2 rings (SSSR count). The summed E-state index contributed by atoms with van der Waals surface area (Å²) < 4.78 is 0. The van der Waals surface area contributed by atoms with E-state index in [4.69, 9.17) is 6.42 Å². The van der Waals surface area contributed by atoms with Crippen LogP contribution in [-0.2, 0) is 4.79 Å². The fourth-order valence-electron chi connectivity index (χ4n) is 2.94. The zero-order valence-electron chi connectivity index (χ0n) is 15.9. The second kappa shape index (κ2) is 10.2. The molecule has 1 unspecified atom stereocenters. The molecule has 27 heavy (non-hydrogen) atoms. The highest BCUT2D eigenvalue weighted by Gasteiger charge is 2.31. The van der Waals surface area contributed by atoms with E-state index in [-0.39, 0.29) is 18.4 Å². The summed E-state index contributed by atoms with van der Waals surface area (Å²) >= 11 is 0. The Morgan fingerprint density at radius 2 is 1.78 bits per heavy atom. The third-order valence-corrected chi connectivity index (χ3v) is 4.40. The molecule has 2 amide bonds. The van der Waals surface area contributed by atoms with E-state index < -0.39 is 6.04 Å². The number of nitrogens with zero attached hydrogens (tertiary/aromatic N) is 1. The second-order valence-corrected chi connectivity index (χ2v) is 6.41. The van der Waals surface area contributed by atoms with Gasteiger partial charge in [0.1, 0.15) is 6.04 Å². The molecule has 0 heterocycles. The van der Waals surface area contributed by atoms with Gasteiger partial charge in [-0.15, -0.1) is 6.42 Å². The maximum absolute atomic E-state index is 13.3. The zero-order chi connectivity index (χ0) is 19.6. The van der Waals surface area contributed by atoms with E-state index in [0.717, 1.165) is 24.0 Å². The minimum Gasteiger partial charge on any atom is -0.354 e. The Morgan fingerprint density at radius 3 is 2.41 bits per heavy atom. The number of hydrogen-bond acceptors (Lipinski definition) is 2. The summed E-state index contributed by atoms with van der Waals surface area (Å²) in [5, 5.41) is 2.94. The number of benzene rings is 2. The molecule has 0 spiro atoms. The quantitative estimate of drug-likeness (QED) is 0.575. The Hall–Kier alpha value is -3.06. The van der Waals surface area contributed by atoms with Crippen LogP contribution in [-0.4, -0.2) is 29.8 Å². The smallest absolute Gasteiger partial charge is 0.255 e. The summed E-state index contributed by atoms with van der Waals surface area (Å²) in [6.45, 7) is 4.56. The minimum atomic E-state index is -0.772. The molecule has 0 saturated heterocycles. The Labute approximate surface area is 161 Å². The summed E-state index contributed by atoms with van der Waals surface area (Å²) in [6.07, 6.45) is 7.41. The maximum atomic E-state index is 13.3. The summed E-state index contributed by atoms with van der Waals surface area (Å²) in [4.78, 5) is 27.7. The number of aryl methyl sites for hydroxylation is 1.